The fraction of sp³-hybridized carbons (Fsp3) is 0.353. The molecule has 2 heterocycles. The van der Waals surface area contributed by atoms with E-state index in [1.807, 2.05) is 35.3 Å². The minimum atomic E-state index is -1.12. The maximum absolute atomic E-state index is 13.4. The molecule has 3 rings (SSSR count). The number of aliphatic hydroxyl groups is 1. The third-order valence-corrected chi connectivity index (χ3v) is 4.37. The van der Waals surface area contributed by atoms with Gasteiger partial charge in [-0.3, -0.25) is 19.2 Å². The molecule has 3 atom stereocenters. The van der Waals surface area contributed by atoms with Crippen LogP contribution in [0.4, 0.5) is 4.39 Å². The number of aromatic nitrogens is 2. The van der Waals surface area contributed by atoms with Gasteiger partial charge in [0.1, 0.15) is 18.9 Å². The number of H-pyrrole nitrogens is 1. The number of aliphatic hydroxyl groups excluding tert-OH is 1. The van der Waals surface area contributed by atoms with Crippen molar-refractivity contribution < 1.29 is 19.1 Å². The molecular weight excluding hydrogens is 391 g/mol. The molecule has 11 heteroatoms. The van der Waals surface area contributed by atoms with E-state index < -0.39 is 35.5 Å². The van der Waals surface area contributed by atoms with Gasteiger partial charge in [-0.25, -0.2) is 10.3 Å². The quantitative estimate of drug-likeness (QED) is 0.386. The zero-order valence-electron chi connectivity index (χ0n) is 14.6. The second-order valence-electron chi connectivity index (χ2n) is 6.16. The summed E-state index contributed by atoms with van der Waals surface area (Å²) in [6.07, 6.45) is -1.85. The molecule has 1 saturated heterocycles. The molecule has 0 radical (unpaired) electrons. The topological polar surface area (TPSA) is 118 Å². The number of hydroxylamine groups is 1. The Morgan fingerprint density at radius 1 is 1.39 bits per heavy atom. The van der Waals surface area contributed by atoms with Gasteiger partial charge in [0.2, 0.25) is 5.82 Å². The van der Waals surface area contributed by atoms with Gasteiger partial charge in [-0.05, 0) is 17.8 Å². The van der Waals surface area contributed by atoms with Crippen LogP contribution in [0.1, 0.15) is 18.2 Å². The third kappa shape index (κ3) is 5.01. The van der Waals surface area contributed by atoms with Crippen LogP contribution in [0.2, 0.25) is 0 Å². The summed E-state index contributed by atoms with van der Waals surface area (Å²) in [7, 11) is 0. The van der Waals surface area contributed by atoms with E-state index >= 15 is 0 Å². The van der Waals surface area contributed by atoms with E-state index in [1.54, 1.807) is 0 Å². The highest BCUT2D eigenvalue weighted by atomic mass is 32.1. The first-order valence-electron chi connectivity index (χ1n) is 8.48. The first kappa shape index (κ1) is 20.1. The van der Waals surface area contributed by atoms with E-state index in [1.165, 1.54) is 0 Å². The number of benzene rings is 1. The van der Waals surface area contributed by atoms with Gasteiger partial charge in [-0.1, -0.05) is 30.3 Å². The summed E-state index contributed by atoms with van der Waals surface area (Å²) in [5.74, 6) is -1.12. The van der Waals surface area contributed by atoms with Crippen LogP contribution in [0.5, 0.6) is 0 Å². The first-order valence-corrected chi connectivity index (χ1v) is 8.89. The summed E-state index contributed by atoms with van der Waals surface area (Å²) >= 11 is 5.09. The molecule has 0 spiro atoms. The lowest BCUT2D eigenvalue weighted by Gasteiger charge is -2.17. The Balaban J connectivity index is 1.47. The standard InChI is InChI=1S/C17H19FN4O5S/c18-11-8-22(17(25)20-15(11)24)14-6-12(23)13(27-14)9-26-21-16(28)19-7-10-4-2-1-3-5-10/h1-5,8,12-14,23H,6-7,9H2,(H2,19,21,28)(H,20,24,25)/t12-,13+,14+/m0/s1. The Bertz CT molecular complexity index is 935. The number of ether oxygens (including phenoxy) is 1. The second-order valence-corrected chi connectivity index (χ2v) is 6.57. The fourth-order valence-electron chi connectivity index (χ4n) is 2.71. The van der Waals surface area contributed by atoms with Gasteiger partial charge < -0.3 is 15.2 Å². The summed E-state index contributed by atoms with van der Waals surface area (Å²) in [5, 5.41) is 13.3. The maximum atomic E-state index is 13.4. The Kier molecular flexibility index (Phi) is 6.52. The predicted octanol–water partition coefficient (Wildman–Crippen LogP) is -0.0800. The Hall–Kier alpha value is -2.60. The lowest BCUT2D eigenvalue weighted by Crippen LogP contribution is -2.38. The summed E-state index contributed by atoms with van der Waals surface area (Å²) in [6.45, 7) is 0.451. The van der Waals surface area contributed by atoms with Crippen molar-refractivity contribution in [2.24, 2.45) is 0 Å². The van der Waals surface area contributed by atoms with Crippen LogP contribution < -0.4 is 22.0 Å². The second kappa shape index (κ2) is 9.06. The highest BCUT2D eigenvalue weighted by molar-refractivity contribution is 7.80. The van der Waals surface area contributed by atoms with E-state index in [2.05, 4.69) is 10.8 Å². The molecule has 0 bridgehead atoms. The smallest absolute Gasteiger partial charge is 0.330 e. The van der Waals surface area contributed by atoms with E-state index in [4.69, 9.17) is 21.8 Å². The van der Waals surface area contributed by atoms with Gasteiger partial charge in [0.05, 0.1) is 12.3 Å². The SMILES string of the molecule is O=c1[nH]c(=O)n([C@H]2C[C@H](O)[C@@H](CONC(=S)NCc3ccccc3)O2)cc1F. The third-order valence-electron chi connectivity index (χ3n) is 4.15. The highest BCUT2D eigenvalue weighted by Gasteiger charge is 2.36. The zero-order valence-corrected chi connectivity index (χ0v) is 15.4. The fourth-order valence-corrected chi connectivity index (χ4v) is 2.85. The van der Waals surface area contributed by atoms with Crippen LogP contribution in [-0.2, 0) is 16.1 Å². The van der Waals surface area contributed by atoms with Gasteiger partial charge in [0, 0.05) is 13.0 Å². The van der Waals surface area contributed by atoms with Gasteiger partial charge in [-0.15, -0.1) is 0 Å². The number of rotatable bonds is 6. The number of hydrogen-bond acceptors (Lipinski definition) is 6. The average molecular weight is 410 g/mol. The van der Waals surface area contributed by atoms with Crippen LogP contribution >= 0.6 is 12.2 Å². The first-order chi connectivity index (χ1) is 13.4. The van der Waals surface area contributed by atoms with E-state index in [9.17, 15) is 19.1 Å². The van der Waals surface area contributed by atoms with Crippen molar-refractivity contribution in [3.05, 3.63) is 68.7 Å². The molecule has 2 aromatic rings. The maximum Gasteiger partial charge on any atom is 0.330 e. The van der Waals surface area contributed by atoms with Gasteiger partial charge >= 0.3 is 5.69 Å². The van der Waals surface area contributed by atoms with Crippen molar-refractivity contribution >= 4 is 17.3 Å². The lowest BCUT2D eigenvalue weighted by molar-refractivity contribution is -0.0752. The molecule has 4 N–H and O–H groups in total. The van der Waals surface area contributed by atoms with Crippen molar-refractivity contribution in [3.8, 4) is 0 Å². The number of hydrogen-bond donors (Lipinski definition) is 4. The molecule has 28 heavy (non-hydrogen) atoms. The van der Waals surface area contributed by atoms with Crippen LogP contribution in [0.25, 0.3) is 0 Å². The zero-order chi connectivity index (χ0) is 20.1. The summed E-state index contributed by atoms with van der Waals surface area (Å²) in [5.41, 5.74) is 1.64. The van der Waals surface area contributed by atoms with Crippen LogP contribution in [0, 0.1) is 5.82 Å². The molecule has 0 aliphatic carbocycles. The van der Waals surface area contributed by atoms with Crippen LogP contribution in [0.3, 0.4) is 0 Å². The van der Waals surface area contributed by atoms with Crippen LogP contribution in [-0.4, -0.2) is 38.6 Å². The van der Waals surface area contributed by atoms with Crippen molar-refractivity contribution in [3.63, 3.8) is 0 Å². The van der Waals surface area contributed by atoms with E-state index in [-0.39, 0.29) is 18.1 Å². The summed E-state index contributed by atoms with van der Waals surface area (Å²) in [6, 6.07) is 9.64. The highest BCUT2D eigenvalue weighted by Crippen LogP contribution is 2.27. The van der Waals surface area contributed by atoms with Crippen molar-refractivity contribution in [2.45, 2.75) is 31.4 Å². The summed E-state index contributed by atoms with van der Waals surface area (Å²) < 4.78 is 19.8. The predicted molar refractivity (Wildman–Crippen MR) is 101 cm³/mol. The number of nitrogens with zero attached hydrogens (tertiary/aromatic N) is 1. The molecule has 1 aromatic heterocycles. The molecular formula is C17H19FN4O5S. The van der Waals surface area contributed by atoms with Gasteiger partial charge in [0.15, 0.2) is 5.11 Å². The van der Waals surface area contributed by atoms with Crippen molar-refractivity contribution in [2.75, 3.05) is 6.61 Å². The van der Waals surface area contributed by atoms with Crippen molar-refractivity contribution in [1.82, 2.24) is 20.3 Å². The number of halogens is 1. The molecule has 1 aromatic carbocycles. The monoisotopic (exact) mass is 410 g/mol. The molecule has 9 nitrogen and oxygen atoms in total. The number of aromatic amines is 1. The Morgan fingerprint density at radius 2 is 2.14 bits per heavy atom. The normalized spacial score (nSPS) is 21.4. The Labute approximate surface area is 164 Å². The van der Waals surface area contributed by atoms with Crippen LogP contribution in [0.15, 0.2) is 46.1 Å². The minimum Gasteiger partial charge on any atom is -0.390 e. The van der Waals surface area contributed by atoms with Crippen molar-refractivity contribution in [1.29, 1.82) is 0 Å². The molecule has 1 aliphatic rings. The molecule has 1 aliphatic heterocycles. The van der Waals surface area contributed by atoms with E-state index in [0.717, 1.165) is 16.3 Å². The number of nitrogens with one attached hydrogen (secondary N) is 3. The molecule has 0 saturated carbocycles. The number of thiocarbonyl (C=S) groups is 1. The van der Waals surface area contributed by atoms with Gasteiger partial charge in [-0.2, -0.15) is 4.39 Å². The molecule has 150 valence electrons. The average Bonchev–Trinajstić information content (AvgIpc) is 3.04. The molecule has 0 unspecified atom stereocenters. The molecule has 0 amide bonds. The van der Waals surface area contributed by atoms with E-state index in [0.29, 0.717) is 6.54 Å². The Morgan fingerprint density at radius 3 is 2.89 bits per heavy atom. The van der Waals surface area contributed by atoms with Gasteiger partial charge in [0.25, 0.3) is 5.56 Å². The lowest BCUT2D eigenvalue weighted by atomic mass is 10.2. The minimum absolute atomic E-state index is 0.0378. The molecule has 1 fully saturated rings. The summed E-state index contributed by atoms with van der Waals surface area (Å²) in [4.78, 5) is 30.0. The largest absolute Gasteiger partial charge is 0.390 e.